The van der Waals surface area contributed by atoms with Crippen molar-refractivity contribution in [2.24, 2.45) is 0 Å². The van der Waals surface area contributed by atoms with Crippen molar-refractivity contribution >= 4 is 27.3 Å². The van der Waals surface area contributed by atoms with Crippen LogP contribution in [0.2, 0.25) is 0 Å². The number of methoxy groups -OCH3 is 1. The van der Waals surface area contributed by atoms with Gasteiger partial charge >= 0.3 is 0 Å². The van der Waals surface area contributed by atoms with Gasteiger partial charge in [-0.15, -0.1) is 11.3 Å². The van der Waals surface area contributed by atoms with E-state index < -0.39 is 0 Å². The first kappa shape index (κ1) is 12.6. The molecule has 1 aromatic rings. The standard InChI is InChI=1S/C12H18BrNOS/c1-8(12-9(13)6-7-16-12)14-10-4-3-5-11(10)15-2/h6-8,10-11,14H,3-5H2,1-2H3. The van der Waals surface area contributed by atoms with Crippen LogP contribution < -0.4 is 5.32 Å². The van der Waals surface area contributed by atoms with Gasteiger partial charge in [0.25, 0.3) is 0 Å². The molecule has 0 spiro atoms. The summed E-state index contributed by atoms with van der Waals surface area (Å²) in [5, 5.41) is 5.80. The number of nitrogens with one attached hydrogen (secondary N) is 1. The Kier molecular flexibility index (Phi) is 4.41. The zero-order valence-corrected chi connectivity index (χ0v) is 12.1. The second kappa shape index (κ2) is 5.63. The Morgan fingerprint density at radius 1 is 1.56 bits per heavy atom. The monoisotopic (exact) mass is 303 g/mol. The van der Waals surface area contributed by atoms with Crippen LogP contribution in [0.4, 0.5) is 0 Å². The number of rotatable bonds is 4. The number of hydrogen-bond acceptors (Lipinski definition) is 3. The minimum atomic E-state index is 0.390. The molecule has 1 aliphatic carbocycles. The minimum Gasteiger partial charge on any atom is -0.380 e. The topological polar surface area (TPSA) is 21.3 Å². The summed E-state index contributed by atoms with van der Waals surface area (Å²) < 4.78 is 6.71. The molecule has 3 unspecified atom stereocenters. The molecule has 1 N–H and O–H groups in total. The smallest absolute Gasteiger partial charge is 0.0724 e. The first-order chi connectivity index (χ1) is 7.72. The van der Waals surface area contributed by atoms with Crippen molar-refractivity contribution in [1.82, 2.24) is 5.32 Å². The van der Waals surface area contributed by atoms with Crippen LogP contribution >= 0.6 is 27.3 Å². The first-order valence-corrected chi connectivity index (χ1v) is 7.41. The molecule has 2 nitrogen and oxygen atoms in total. The molecule has 0 bridgehead atoms. The molecule has 1 aliphatic rings. The number of halogens is 1. The van der Waals surface area contributed by atoms with Gasteiger partial charge in [0.05, 0.1) is 6.10 Å². The Labute approximate surface area is 110 Å². The van der Waals surface area contributed by atoms with Crippen LogP contribution in [-0.4, -0.2) is 19.3 Å². The zero-order chi connectivity index (χ0) is 11.5. The average Bonchev–Trinajstić information content (AvgIpc) is 2.86. The van der Waals surface area contributed by atoms with Crippen LogP contribution in [0.1, 0.15) is 37.1 Å². The SMILES string of the molecule is COC1CCCC1NC(C)c1sccc1Br. The van der Waals surface area contributed by atoms with E-state index in [1.807, 2.05) is 7.11 Å². The zero-order valence-electron chi connectivity index (χ0n) is 9.70. The molecule has 16 heavy (non-hydrogen) atoms. The van der Waals surface area contributed by atoms with Crippen LogP contribution in [0.3, 0.4) is 0 Å². The van der Waals surface area contributed by atoms with Gasteiger partial charge in [0, 0.05) is 28.5 Å². The molecule has 0 aliphatic heterocycles. The average molecular weight is 304 g/mol. The van der Waals surface area contributed by atoms with Crippen LogP contribution in [0, 0.1) is 0 Å². The predicted octanol–water partition coefficient (Wildman–Crippen LogP) is 3.73. The molecule has 0 aromatic carbocycles. The Balaban J connectivity index is 1.97. The van der Waals surface area contributed by atoms with Crippen molar-refractivity contribution < 1.29 is 4.74 Å². The summed E-state index contributed by atoms with van der Waals surface area (Å²) in [6, 6.07) is 3.02. The van der Waals surface area contributed by atoms with E-state index in [1.54, 1.807) is 11.3 Å². The van der Waals surface area contributed by atoms with Gasteiger partial charge in [0.1, 0.15) is 0 Å². The van der Waals surface area contributed by atoms with E-state index in [-0.39, 0.29) is 0 Å². The van der Waals surface area contributed by atoms with E-state index >= 15 is 0 Å². The largest absolute Gasteiger partial charge is 0.380 e. The highest BCUT2D eigenvalue weighted by molar-refractivity contribution is 9.10. The van der Waals surface area contributed by atoms with Crippen molar-refractivity contribution in [2.45, 2.75) is 44.4 Å². The third-order valence-corrected chi connectivity index (χ3v) is 5.31. The maximum Gasteiger partial charge on any atom is 0.0724 e. The van der Waals surface area contributed by atoms with Crippen LogP contribution in [0.5, 0.6) is 0 Å². The van der Waals surface area contributed by atoms with E-state index in [9.17, 15) is 0 Å². The molecule has 90 valence electrons. The lowest BCUT2D eigenvalue weighted by molar-refractivity contribution is 0.0821. The maximum atomic E-state index is 5.50. The summed E-state index contributed by atoms with van der Waals surface area (Å²) >= 11 is 5.39. The molecule has 3 atom stereocenters. The van der Waals surface area contributed by atoms with Crippen molar-refractivity contribution in [1.29, 1.82) is 0 Å². The Bertz CT molecular complexity index is 342. The lowest BCUT2D eigenvalue weighted by Crippen LogP contribution is -2.38. The third-order valence-electron chi connectivity index (χ3n) is 3.26. The summed E-state index contributed by atoms with van der Waals surface area (Å²) in [4.78, 5) is 1.38. The quantitative estimate of drug-likeness (QED) is 0.915. The van der Waals surface area contributed by atoms with E-state index in [2.05, 4.69) is 39.6 Å². The van der Waals surface area contributed by atoms with Gasteiger partial charge in [0.2, 0.25) is 0 Å². The van der Waals surface area contributed by atoms with Crippen molar-refractivity contribution in [3.05, 3.63) is 20.8 Å². The third kappa shape index (κ3) is 2.67. The summed E-state index contributed by atoms with van der Waals surface area (Å²) in [6.45, 7) is 2.22. The summed E-state index contributed by atoms with van der Waals surface area (Å²) in [6.07, 6.45) is 4.08. The number of ether oxygens (including phenoxy) is 1. The summed E-state index contributed by atoms with van der Waals surface area (Å²) in [5.41, 5.74) is 0. The highest BCUT2D eigenvalue weighted by Crippen LogP contribution is 2.31. The van der Waals surface area contributed by atoms with Crippen LogP contribution in [0.15, 0.2) is 15.9 Å². The van der Waals surface area contributed by atoms with Crippen molar-refractivity contribution in [3.8, 4) is 0 Å². The van der Waals surface area contributed by atoms with Crippen LogP contribution in [-0.2, 0) is 4.74 Å². The summed E-state index contributed by atoms with van der Waals surface area (Å²) in [5.74, 6) is 0. The van der Waals surface area contributed by atoms with Crippen LogP contribution in [0.25, 0.3) is 0 Å². The fourth-order valence-corrected chi connectivity index (χ4v) is 4.14. The molecule has 1 heterocycles. The molecular weight excluding hydrogens is 286 g/mol. The predicted molar refractivity (Wildman–Crippen MR) is 72.0 cm³/mol. The molecular formula is C12H18BrNOS. The van der Waals surface area contributed by atoms with Gasteiger partial charge in [-0.05, 0) is 53.6 Å². The minimum absolute atomic E-state index is 0.390. The number of hydrogen-bond donors (Lipinski definition) is 1. The Morgan fingerprint density at radius 2 is 2.38 bits per heavy atom. The molecule has 2 rings (SSSR count). The van der Waals surface area contributed by atoms with E-state index in [0.717, 1.165) is 0 Å². The van der Waals surface area contributed by atoms with Crippen molar-refractivity contribution in [3.63, 3.8) is 0 Å². The molecule has 1 fully saturated rings. The van der Waals surface area contributed by atoms with Gasteiger partial charge in [0.15, 0.2) is 0 Å². The van der Waals surface area contributed by atoms with Gasteiger partial charge in [-0.25, -0.2) is 0 Å². The van der Waals surface area contributed by atoms with Gasteiger partial charge in [-0.3, -0.25) is 0 Å². The normalized spacial score (nSPS) is 27.2. The highest BCUT2D eigenvalue weighted by Gasteiger charge is 2.28. The second-order valence-electron chi connectivity index (χ2n) is 4.33. The summed E-state index contributed by atoms with van der Waals surface area (Å²) in [7, 11) is 1.82. The molecule has 1 aromatic heterocycles. The first-order valence-electron chi connectivity index (χ1n) is 5.74. The van der Waals surface area contributed by atoms with Gasteiger partial charge in [-0.1, -0.05) is 0 Å². The molecule has 1 saturated carbocycles. The van der Waals surface area contributed by atoms with Gasteiger partial charge < -0.3 is 10.1 Å². The molecule has 0 radical (unpaired) electrons. The van der Waals surface area contributed by atoms with E-state index in [0.29, 0.717) is 18.2 Å². The van der Waals surface area contributed by atoms with E-state index in [4.69, 9.17) is 4.74 Å². The van der Waals surface area contributed by atoms with Crippen molar-refractivity contribution in [2.75, 3.05) is 7.11 Å². The maximum absolute atomic E-state index is 5.50. The molecule has 4 heteroatoms. The molecule has 0 amide bonds. The Hall–Kier alpha value is 0.100. The number of thiophene rings is 1. The Morgan fingerprint density at radius 3 is 3.00 bits per heavy atom. The highest BCUT2D eigenvalue weighted by atomic mass is 79.9. The lowest BCUT2D eigenvalue weighted by atomic mass is 10.1. The fraction of sp³-hybridized carbons (Fsp3) is 0.667. The lowest BCUT2D eigenvalue weighted by Gasteiger charge is -2.23. The fourth-order valence-electron chi connectivity index (χ4n) is 2.41. The van der Waals surface area contributed by atoms with E-state index in [1.165, 1.54) is 28.6 Å². The molecule has 0 saturated heterocycles. The van der Waals surface area contributed by atoms with Gasteiger partial charge in [-0.2, -0.15) is 0 Å². The second-order valence-corrected chi connectivity index (χ2v) is 6.13.